The van der Waals surface area contributed by atoms with Crippen molar-refractivity contribution < 1.29 is 4.74 Å². The van der Waals surface area contributed by atoms with Crippen molar-refractivity contribution in [1.82, 2.24) is 5.32 Å². The summed E-state index contributed by atoms with van der Waals surface area (Å²) in [5.41, 5.74) is 0.982. The fraction of sp³-hybridized carbons (Fsp3) is 0.286. The summed E-state index contributed by atoms with van der Waals surface area (Å²) < 4.78 is 5.84. The molecule has 0 spiro atoms. The van der Waals surface area contributed by atoms with E-state index in [9.17, 15) is 0 Å². The quantitative estimate of drug-likeness (QED) is 0.831. The Morgan fingerprint density at radius 3 is 2.84 bits per heavy atom. The number of benzene rings is 1. The number of nitrogens with one attached hydrogen (secondary N) is 1. The number of ether oxygens (including phenoxy) is 1. The predicted octanol–water partition coefficient (Wildman–Crippen LogP) is 4.74. The van der Waals surface area contributed by atoms with Gasteiger partial charge >= 0.3 is 0 Å². The van der Waals surface area contributed by atoms with Crippen LogP contribution in [0.4, 0.5) is 0 Å². The Labute approximate surface area is 127 Å². The van der Waals surface area contributed by atoms with Gasteiger partial charge in [-0.1, -0.05) is 36.2 Å². The van der Waals surface area contributed by atoms with E-state index in [0.717, 1.165) is 12.1 Å². The van der Waals surface area contributed by atoms with Crippen LogP contribution in [0.15, 0.2) is 29.6 Å². The van der Waals surface area contributed by atoms with Gasteiger partial charge in [0.05, 0.1) is 5.02 Å². The molecule has 0 aliphatic carbocycles. The maximum atomic E-state index is 6.22. The lowest BCUT2D eigenvalue weighted by atomic mass is 10.2. The minimum atomic E-state index is 0.526. The van der Waals surface area contributed by atoms with E-state index in [4.69, 9.17) is 27.9 Å². The van der Waals surface area contributed by atoms with Crippen LogP contribution in [0.1, 0.15) is 17.4 Å². The van der Waals surface area contributed by atoms with Gasteiger partial charge in [-0.25, -0.2) is 0 Å². The molecule has 2 aromatic rings. The first-order chi connectivity index (χ1) is 9.20. The van der Waals surface area contributed by atoms with Gasteiger partial charge in [0, 0.05) is 22.0 Å². The lowest BCUT2D eigenvalue weighted by Gasteiger charge is -2.13. The molecule has 19 heavy (non-hydrogen) atoms. The Balaban J connectivity index is 2.16. The summed E-state index contributed by atoms with van der Waals surface area (Å²) in [4.78, 5) is 1.17. The van der Waals surface area contributed by atoms with Gasteiger partial charge in [0.2, 0.25) is 0 Å². The lowest BCUT2D eigenvalue weighted by molar-refractivity contribution is 0.306. The van der Waals surface area contributed by atoms with Crippen molar-refractivity contribution in [3.63, 3.8) is 0 Å². The molecule has 0 aliphatic heterocycles. The van der Waals surface area contributed by atoms with E-state index in [1.54, 1.807) is 17.4 Å². The molecule has 0 radical (unpaired) electrons. The predicted molar refractivity (Wildman–Crippen MR) is 82.5 cm³/mol. The summed E-state index contributed by atoms with van der Waals surface area (Å²) in [7, 11) is 0. The Kier molecular flexibility index (Phi) is 5.52. The van der Waals surface area contributed by atoms with Gasteiger partial charge in [-0.15, -0.1) is 11.3 Å². The molecule has 0 saturated carbocycles. The largest absolute Gasteiger partial charge is 0.486 e. The molecule has 0 amide bonds. The van der Waals surface area contributed by atoms with Gasteiger partial charge in [-0.2, -0.15) is 0 Å². The number of hydrogen-bond donors (Lipinski definition) is 1. The monoisotopic (exact) mass is 315 g/mol. The van der Waals surface area contributed by atoms with Gasteiger partial charge in [0.1, 0.15) is 12.4 Å². The molecule has 0 bridgehead atoms. The highest BCUT2D eigenvalue weighted by Crippen LogP contribution is 2.33. The number of hydrogen-bond acceptors (Lipinski definition) is 3. The highest BCUT2D eigenvalue weighted by molar-refractivity contribution is 7.09. The molecule has 0 atom stereocenters. The molecule has 1 heterocycles. The summed E-state index contributed by atoms with van der Waals surface area (Å²) in [6.45, 7) is 4.15. The van der Waals surface area contributed by atoms with Gasteiger partial charge in [0.25, 0.3) is 0 Å². The summed E-state index contributed by atoms with van der Waals surface area (Å²) in [5, 5.41) is 6.47. The molecule has 1 aromatic carbocycles. The fourth-order valence-corrected chi connectivity index (χ4v) is 2.91. The second-order valence-corrected chi connectivity index (χ2v) is 5.90. The standard InChI is InChI=1S/C14H15Cl2NOS/c1-2-17-8-10-6-11(15)7-13(16)14(10)18-9-12-4-3-5-19-12/h3-7,17H,2,8-9H2,1H3. The van der Waals surface area contributed by atoms with E-state index in [1.165, 1.54) is 4.88 Å². The third-order valence-electron chi connectivity index (χ3n) is 2.59. The van der Waals surface area contributed by atoms with Crippen LogP contribution >= 0.6 is 34.5 Å². The smallest absolute Gasteiger partial charge is 0.143 e. The zero-order valence-electron chi connectivity index (χ0n) is 10.6. The molecule has 2 rings (SSSR count). The van der Waals surface area contributed by atoms with Crippen LogP contribution in [0, 0.1) is 0 Å². The number of thiophene rings is 1. The Morgan fingerprint density at radius 2 is 2.16 bits per heavy atom. The zero-order chi connectivity index (χ0) is 13.7. The van der Waals surface area contributed by atoms with Gasteiger partial charge in [-0.05, 0) is 30.1 Å². The molecular formula is C14H15Cl2NOS. The maximum absolute atomic E-state index is 6.22. The normalized spacial score (nSPS) is 10.7. The molecular weight excluding hydrogens is 301 g/mol. The number of halogens is 2. The van der Waals surface area contributed by atoms with Crippen LogP contribution in [0.2, 0.25) is 10.0 Å². The molecule has 102 valence electrons. The summed E-state index contributed by atoms with van der Waals surface area (Å²) in [5.74, 6) is 0.709. The van der Waals surface area contributed by atoms with Crippen LogP contribution in [0.25, 0.3) is 0 Å². The lowest BCUT2D eigenvalue weighted by Crippen LogP contribution is -2.13. The van der Waals surface area contributed by atoms with Crippen molar-refractivity contribution in [2.24, 2.45) is 0 Å². The highest BCUT2D eigenvalue weighted by atomic mass is 35.5. The van der Waals surface area contributed by atoms with Crippen molar-refractivity contribution in [3.05, 3.63) is 50.1 Å². The first-order valence-corrected chi connectivity index (χ1v) is 7.68. The van der Waals surface area contributed by atoms with Crippen molar-refractivity contribution >= 4 is 34.5 Å². The van der Waals surface area contributed by atoms with E-state index >= 15 is 0 Å². The molecule has 0 unspecified atom stereocenters. The van der Waals surface area contributed by atoms with Gasteiger partial charge < -0.3 is 10.1 Å². The Bertz CT molecular complexity index is 528. The van der Waals surface area contributed by atoms with Crippen molar-refractivity contribution in [2.45, 2.75) is 20.1 Å². The average Bonchev–Trinajstić information content (AvgIpc) is 2.88. The van der Waals surface area contributed by atoms with Crippen LogP contribution in [-0.4, -0.2) is 6.54 Å². The van der Waals surface area contributed by atoms with Crippen LogP contribution in [-0.2, 0) is 13.2 Å². The van der Waals surface area contributed by atoms with Crippen LogP contribution < -0.4 is 10.1 Å². The first kappa shape index (κ1) is 14.7. The zero-order valence-corrected chi connectivity index (χ0v) is 12.9. The molecule has 1 N–H and O–H groups in total. The van der Waals surface area contributed by atoms with Gasteiger partial charge in [-0.3, -0.25) is 0 Å². The maximum Gasteiger partial charge on any atom is 0.143 e. The SMILES string of the molecule is CCNCc1cc(Cl)cc(Cl)c1OCc1cccs1. The fourth-order valence-electron chi connectivity index (χ4n) is 1.70. The van der Waals surface area contributed by atoms with Crippen molar-refractivity contribution in [2.75, 3.05) is 6.54 Å². The molecule has 2 nitrogen and oxygen atoms in total. The second kappa shape index (κ2) is 7.15. The van der Waals surface area contributed by atoms with Crippen LogP contribution in [0.3, 0.4) is 0 Å². The summed E-state index contributed by atoms with van der Waals surface area (Å²) >= 11 is 13.9. The third kappa shape index (κ3) is 4.11. The molecule has 0 aliphatic rings. The molecule has 0 saturated heterocycles. The number of rotatable bonds is 6. The molecule has 1 aromatic heterocycles. The Hall–Kier alpha value is -0.740. The minimum Gasteiger partial charge on any atom is -0.486 e. The highest BCUT2D eigenvalue weighted by Gasteiger charge is 2.11. The van der Waals surface area contributed by atoms with Crippen LogP contribution in [0.5, 0.6) is 5.75 Å². The van der Waals surface area contributed by atoms with Crippen molar-refractivity contribution in [1.29, 1.82) is 0 Å². The Morgan fingerprint density at radius 1 is 1.32 bits per heavy atom. The third-order valence-corrected chi connectivity index (χ3v) is 3.94. The average molecular weight is 316 g/mol. The second-order valence-electron chi connectivity index (χ2n) is 4.02. The topological polar surface area (TPSA) is 21.3 Å². The van der Waals surface area contributed by atoms with E-state index in [2.05, 4.69) is 12.2 Å². The molecule has 5 heteroatoms. The van der Waals surface area contributed by atoms with Crippen molar-refractivity contribution in [3.8, 4) is 5.75 Å². The van der Waals surface area contributed by atoms with E-state index in [-0.39, 0.29) is 0 Å². The van der Waals surface area contributed by atoms with Gasteiger partial charge in [0.15, 0.2) is 0 Å². The van der Waals surface area contributed by atoms with E-state index in [0.29, 0.717) is 28.9 Å². The summed E-state index contributed by atoms with van der Waals surface area (Å²) in [6.07, 6.45) is 0. The first-order valence-electron chi connectivity index (χ1n) is 6.04. The minimum absolute atomic E-state index is 0.526. The molecule has 0 fully saturated rings. The van der Waals surface area contributed by atoms with E-state index < -0.39 is 0 Å². The summed E-state index contributed by atoms with van der Waals surface area (Å²) in [6, 6.07) is 7.65. The van der Waals surface area contributed by atoms with E-state index in [1.807, 2.05) is 23.6 Å².